The van der Waals surface area contributed by atoms with Crippen molar-refractivity contribution in [2.45, 2.75) is 40.5 Å². The fourth-order valence-electron chi connectivity index (χ4n) is 1.79. The van der Waals surface area contributed by atoms with Gasteiger partial charge in [0.05, 0.1) is 13.0 Å². The van der Waals surface area contributed by atoms with Crippen LogP contribution in [0.4, 0.5) is 4.79 Å². The second-order valence-corrected chi connectivity index (χ2v) is 6.13. The van der Waals surface area contributed by atoms with Crippen LogP contribution in [-0.2, 0) is 4.79 Å². The molecule has 6 heteroatoms. The molecule has 3 N–H and O–H groups in total. The van der Waals surface area contributed by atoms with Crippen molar-refractivity contribution in [3.8, 4) is 0 Å². The van der Waals surface area contributed by atoms with Gasteiger partial charge in [-0.15, -0.1) is 0 Å². The highest BCUT2D eigenvalue weighted by Crippen LogP contribution is 2.17. The van der Waals surface area contributed by atoms with Crippen LogP contribution < -0.4 is 0 Å². The minimum absolute atomic E-state index is 0.0549. The lowest BCUT2D eigenvalue weighted by molar-refractivity contribution is -0.139. The lowest BCUT2D eigenvalue weighted by atomic mass is 9.93. The minimum atomic E-state index is -0.883. The molecule has 0 bridgehead atoms. The van der Waals surface area contributed by atoms with Gasteiger partial charge >= 0.3 is 12.1 Å². The van der Waals surface area contributed by atoms with E-state index in [1.807, 2.05) is 27.7 Å². The summed E-state index contributed by atoms with van der Waals surface area (Å²) in [5, 5.41) is 25.8. The van der Waals surface area contributed by atoms with Crippen molar-refractivity contribution in [2.24, 2.45) is 5.41 Å². The molecule has 0 radical (unpaired) electrons. The number of rotatable bonds is 2. The molecule has 0 aromatic carbocycles. The van der Waals surface area contributed by atoms with Crippen molar-refractivity contribution in [3.63, 3.8) is 0 Å². The van der Waals surface area contributed by atoms with E-state index in [9.17, 15) is 9.59 Å². The maximum atomic E-state index is 10.5. The van der Waals surface area contributed by atoms with E-state index in [2.05, 4.69) is 0 Å². The number of hydrogen-bond acceptors (Lipinski definition) is 3. The van der Waals surface area contributed by atoms with Crippen LogP contribution in [0.3, 0.4) is 0 Å². The quantitative estimate of drug-likeness (QED) is 0.676. The standard InChI is InChI=1S/C8H13NO3.C6H12O2/c1-6-4-9(8(11)12)3-2-7(6)5-10;1-6(2,3)4-5(7)8/h10H,2-5H2,1H3,(H,11,12);4H2,1-3H3,(H,7,8). The highest BCUT2D eigenvalue weighted by Gasteiger charge is 2.18. The molecule has 0 spiro atoms. The summed E-state index contributed by atoms with van der Waals surface area (Å²) in [7, 11) is 0. The molecule has 0 saturated heterocycles. The molecule has 1 rings (SSSR count). The first-order valence-corrected chi connectivity index (χ1v) is 6.55. The summed E-state index contributed by atoms with van der Waals surface area (Å²) in [6.45, 7) is 8.57. The summed E-state index contributed by atoms with van der Waals surface area (Å²) < 4.78 is 0. The highest BCUT2D eigenvalue weighted by atomic mass is 16.4. The molecule has 0 unspecified atom stereocenters. The van der Waals surface area contributed by atoms with Gasteiger partial charge in [-0.25, -0.2) is 4.79 Å². The van der Waals surface area contributed by atoms with Gasteiger partial charge in [0.2, 0.25) is 0 Å². The second-order valence-electron chi connectivity index (χ2n) is 6.13. The molecule has 20 heavy (non-hydrogen) atoms. The molecule has 0 aromatic heterocycles. The lowest BCUT2D eigenvalue weighted by Crippen LogP contribution is -2.35. The van der Waals surface area contributed by atoms with Crippen molar-refractivity contribution in [3.05, 3.63) is 11.1 Å². The molecule has 1 heterocycles. The number of aliphatic hydroxyl groups is 1. The predicted octanol–water partition coefficient (Wildman–Crippen LogP) is 2.19. The number of carbonyl (C=O) groups is 2. The van der Waals surface area contributed by atoms with Gasteiger partial charge in [0, 0.05) is 13.1 Å². The van der Waals surface area contributed by atoms with Gasteiger partial charge in [-0.2, -0.15) is 0 Å². The molecule has 0 atom stereocenters. The topological polar surface area (TPSA) is 98.1 Å². The number of carboxylic acid groups (broad SMARTS) is 2. The van der Waals surface area contributed by atoms with Crippen LogP contribution in [-0.4, -0.2) is 52.0 Å². The molecule has 0 fully saturated rings. The molecule has 1 amide bonds. The summed E-state index contributed by atoms with van der Waals surface area (Å²) in [4.78, 5) is 21.9. The maximum absolute atomic E-state index is 10.5. The van der Waals surface area contributed by atoms with E-state index in [1.54, 1.807) is 0 Å². The Bertz CT molecular complexity index is 382. The van der Waals surface area contributed by atoms with E-state index >= 15 is 0 Å². The Labute approximate surface area is 119 Å². The number of aliphatic carboxylic acids is 1. The average Bonchev–Trinajstić information content (AvgIpc) is 2.26. The molecule has 1 aliphatic heterocycles. The molecule has 0 aromatic rings. The first kappa shape index (κ1) is 18.4. The fraction of sp³-hybridized carbons (Fsp3) is 0.714. The number of nitrogens with zero attached hydrogens (tertiary/aromatic N) is 1. The lowest BCUT2D eigenvalue weighted by Gasteiger charge is -2.26. The van der Waals surface area contributed by atoms with Crippen molar-refractivity contribution in [1.82, 2.24) is 4.90 Å². The van der Waals surface area contributed by atoms with Crippen molar-refractivity contribution in [1.29, 1.82) is 0 Å². The van der Waals surface area contributed by atoms with Crippen molar-refractivity contribution < 1.29 is 24.9 Å². The maximum Gasteiger partial charge on any atom is 0.407 e. The zero-order valence-electron chi connectivity index (χ0n) is 12.6. The van der Waals surface area contributed by atoms with E-state index in [0.717, 1.165) is 11.1 Å². The molecule has 6 nitrogen and oxygen atoms in total. The molecule has 116 valence electrons. The second kappa shape index (κ2) is 7.89. The largest absolute Gasteiger partial charge is 0.481 e. The Morgan fingerprint density at radius 2 is 1.80 bits per heavy atom. The van der Waals surface area contributed by atoms with Crippen LogP contribution >= 0.6 is 0 Å². The first-order valence-electron chi connectivity index (χ1n) is 6.55. The summed E-state index contributed by atoms with van der Waals surface area (Å²) in [5.41, 5.74) is 1.88. The SMILES string of the molecule is CC(C)(C)CC(=O)O.CC1=C(CO)CCN(C(=O)O)C1. The highest BCUT2D eigenvalue weighted by molar-refractivity contribution is 5.67. The first-order chi connectivity index (χ1) is 9.06. The number of aliphatic hydroxyl groups excluding tert-OH is 1. The fourth-order valence-corrected chi connectivity index (χ4v) is 1.79. The summed E-state index contributed by atoms with van der Waals surface area (Å²) >= 11 is 0. The zero-order valence-corrected chi connectivity index (χ0v) is 12.6. The van der Waals surface area contributed by atoms with Crippen LogP contribution in [0.2, 0.25) is 0 Å². The van der Waals surface area contributed by atoms with Gasteiger partial charge in [0.25, 0.3) is 0 Å². The van der Waals surface area contributed by atoms with Crippen molar-refractivity contribution in [2.75, 3.05) is 19.7 Å². The van der Waals surface area contributed by atoms with Gasteiger partial charge in [-0.3, -0.25) is 4.79 Å². The van der Waals surface area contributed by atoms with Gasteiger partial charge in [0.15, 0.2) is 0 Å². The van der Waals surface area contributed by atoms with Gasteiger partial charge < -0.3 is 20.2 Å². The van der Waals surface area contributed by atoms with Gasteiger partial charge in [0.1, 0.15) is 0 Å². The molecular weight excluding hydrogens is 262 g/mol. The third kappa shape index (κ3) is 7.78. The smallest absolute Gasteiger partial charge is 0.407 e. The van der Waals surface area contributed by atoms with Crippen LogP contribution in [0.1, 0.15) is 40.5 Å². The van der Waals surface area contributed by atoms with Crippen molar-refractivity contribution >= 4 is 12.1 Å². The Morgan fingerprint density at radius 3 is 2.05 bits per heavy atom. The monoisotopic (exact) mass is 287 g/mol. The van der Waals surface area contributed by atoms with Gasteiger partial charge in [-0.1, -0.05) is 26.3 Å². The molecule has 1 aliphatic rings. The summed E-state index contributed by atoms with van der Waals surface area (Å²) in [6, 6.07) is 0. The number of amides is 1. The summed E-state index contributed by atoms with van der Waals surface area (Å²) in [5.74, 6) is -0.725. The van der Waals surface area contributed by atoms with E-state index in [1.165, 1.54) is 4.90 Å². The zero-order chi connectivity index (χ0) is 15.9. The minimum Gasteiger partial charge on any atom is -0.481 e. The average molecular weight is 287 g/mol. The third-order valence-electron chi connectivity index (χ3n) is 2.86. The molecular formula is C14H25NO5. The molecule has 0 aliphatic carbocycles. The van der Waals surface area contributed by atoms with E-state index in [0.29, 0.717) is 19.5 Å². The Hall–Kier alpha value is -1.56. The van der Waals surface area contributed by atoms with Gasteiger partial charge in [-0.05, 0) is 24.3 Å². The summed E-state index contributed by atoms with van der Waals surface area (Å²) in [6.07, 6.45) is 0.0214. The number of hydrogen-bond donors (Lipinski definition) is 3. The van der Waals surface area contributed by atoms with Crippen LogP contribution in [0.5, 0.6) is 0 Å². The van der Waals surface area contributed by atoms with E-state index < -0.39 is 12.1 Å². The van der Waals surface area contributed by atoms with Crippen LogP contribution in [0.25, 0.3) is 0 Å². The normalized spacial score (nSPS) is 15.6. The predicted molar refractivity (Wildman–Crippen MR) is 75.7 cm³/mol. The third-order valence-corrected chi connectivity index (χ3v) is 2.86. The van der Waals surface area contributed by atoms with Crippen LogP contribution in [0.15, 0.2) is 11.1 Å². The Balaban J connectivity index is 0.000000396. The van der Waals surface area contributed by atoms with Crippen LogP contribution in [0, 0.1) is 5.41 Å². The number of carboxylic acids is 1. The molecule has 0 saturated carbocycles. The van der Waals surface area contributed by atoms with E-state index in [4.69, 9.17) is 15.3 Å². The Kier molecular flexibility index (Phi) is 7.28. The van der Waals surface area contributed by atoms with E-state index in [-0.39, 0.29) is 18.4 Å². The Morgan fingerprint density at radius 1 is 1.25 bits per heavy atom.